The molecule has 1 aliphatic heterocycles. The third-order valence-corrected chi connectivity index (χ3v) is 4.38. The zero-order chi connectivity index (χ0) is 18.0. The van der Waals surface area contributed by atoms with Crippen LogP contribution >= 0.6 is 23.4 Å². The Labute approximate surface area is 150 Å². The van der Waals surface area contributed by atoms with Crippen molar-refractivity contribution in [2.45, 2.75) is 6.18 Å². The average Bonchev–Trinajstić information content (AvgIpc) is 2.88. The SMILES string of the molecule is O=C1NC(=Nc2ccc(Cl)cc2)SC1=Cc1cccc(C(F)(F)F)c1. The van der Waals surface area contributed by atoms with E-state index < -0.39 is 17.6 Å². The van der Waals surface area contributed by atoms with Crippen LogP contribution in [0.4, 0.5) is 18.9 Å². The summed E-state index contributed by atoms with van der Waals surface area (Å²) in [5.74, 6) is -0.407. The number of carbonyl (C=O) groups is 1. The summed E-state index contributed by atoms with van der Waals surface area (Å²) < 4.78 is 38.3. The first-order chi connectivity index (χ1) is 11.8. The standard InChI is InChI=1S/C17H10ClF3N2OS/c18-12-4-6-13(7-5-12)22-16-23-15(24)14(25-16)9-10-2-1-3-11(8-10)17(19,20)21/h1-9H,(H,22,23,24). The molecule has 3 rings (SSSR count). The van der Waals surface area contributed by atoms with Gasteiger partial charge < -0.3 is 5.32 Å². The fraction of sp³-hybridized carbons (Fsp3) is 0.0588. The van der Waals surface area contributed by atoms with E-state index in [-0.39, 0.29) is 4.91 Å². The van der Waals surface area contributed by atoms with Gasteiger partial charge in [-0.3, -0.25) is 4.79 Å². The van der Waals surface area contributed by atoms with Gasteiger partial charge in [0, 0.05) is 5.02 Å². The van der Waals surface area contributed by atoms with Crippen molar-refractivity contribution in [2.75, 3.05) is 0 Å². The summed E-state index contributed by atoms with van der Waals surface area (Å²) in [4.78, 5) is 16.5. The van der Waals surface area contributed by atoms with E-state index in [1.54, 1.807) is 24.3 Å². The minimum absolute atomic E-state index is 0.270. The third-order valence-electron chi connectivity index (χ3n) is 3.22. The molecule has 1 saturated heterocycles. The Morgan fingerprint density at radius 3 is 2.52 bits per heavy atom. The van der Waals surface area contributed by atoms with Gasteiger partial charge in [-0.15, -0.1) is 0 Å². The summed E-state index contributed by atoms with van der Waals surface area (Å²) in [5, 5.41) is 3.50. The fourth-order valence-electron chi connectivity index (χ4n) is 2.07. The van der Waals surface area contributed by atoms with Crippen LogP contribution < -0.4 is 5.32 Å². The number of hydrogen-bond donors (Lipinski definition) is 1. The molecule has 2 aromatic rings. The molecule has 1 heterocycles. The van der Waals surface area contributed by atoms with Crippen LogP contribution in [0.1, 0.15) is 11.1 Å². The van der Waals surface area contributed by atoms with Crippen molar-refractivity contribution in [1.82, 2.24) is 5.32 Å². The van der Waals surface area contributed by atoms with Gasteiger partial charge >= 0.3 is 6.18 Å². The van der Waals surface area contributed by atoms with Gasteiger partial charge in [0.15, 0.2) is 5.17 Å². The van der Waals surface area contributed by atoms with Gasteiger partial charge in [-0.1, -0.05) is 23.7 Å². The lowest BCUT2D eigenvalue weighted by molar-refractivity contribution is -0.137. The largest absolute Gasteiger partial charge is 0.416 e. The predicted molar refractivity (Wildman–Crippen MR) is 93.7 cm³/mol. The highest BCUT2D eigenvalue weighted by Crippen LogP contribution is 2.32. The number of thioether (sulfide) groups is 1. The lowest BCUT2D eigenvalue weighted by Crippen LogP contribution is -2.19. The molecule has 0 saturated carbocycles. The Bertz CT molecular complexity index is 876. The van der Waals surface area contributed by atoms with Crippen LogP contribution in [0.3, 0.4) is 0 Å². The quantitative estimate of drug-likeness (QED) is 0.721. The average molecular weight is 383 g/mol. The first-order valence-corrected chi connectivity index (χ1v) is 8.23. The molecule has 1 N–H and O–H groups in total. The molecule has 1 amide bonds. The molecule has 0 aliphatic carbocycles. The van der Waals surface area contributed by atoms with Crippen LogP contribution in [0.15, 0.2) is 58.4 Å². The molecule has 25 heavy (non-hydrogen) atoms. The van der Waals surface area contributed by atoms with Gasteiger partial charge in [0.25, 0.3) is 5.91 Å². The maximum atomic E-state index is 12.8. The fourth-order valence-corrected chi connectivity index (χ4v) is 3.04. The number of amidine groups is 1. The molecule has 2 aromatic carbocycles. The predicted octanol–water partition coefficient (Wildman–Crippen LogP) is 5.25. The second-order valence-electron chi connectivity index (χ2n) is 5.08. The first-order valence-electron chi connectivity index (χ1n) is 7.04. The number of hydrogen-bond acceptors (Lipinski definition) is 3. The third kappa shape index (κ3) is 4.43. The van der Waals surface area contributed by atoms with Gasteiger partial charge in [0.2, 0.25) is 0 Å². The van der Waals surface area contributed by atoms with Gasteiger partial charge in [-0.25, -0.2) is 4.99 Å². The topological polar surface area (TPSA) is 41.5 Å². The highest BCUT2D eigenvalue weighted by molar-refractivity contribution is 8.18. The molecule has 0 atom stereocenters. The number of carbonyl (C=O) groups excluding carboxylic acids is 1. The van der Waals surface area contributed by atoms with Crippen LogP contribution in [0, 0.1) is 0 Å². The lowest BCUT2D eigenvalue weighted by atomic mass is 10.1. The molecular weight excluding hydrogens is 373 g/mol. The summed E-state index contributed by atoms with van der Waals surface area (Å²) in [6.45, 7) is 0. The van der Waals surface area contributed by atoms with Crippen molar-refractivity contribution in [3.05, 3.63) is 69.6 Å². The van der Waals surface area contributed by atoms with E-state index in [2.05, 4.69) is 10.3 Å². The maximum absolute atomic E-state index is 12.8. The Hall–Kier alpha value is -2.25. The Balaban J connectivity index is 1.83. The number of benzene rings is 2. The molecule has 0 spiro atoms. The summed E-state index contributed by atoms with van der Waals surface area (Å²) in [7, 11) is 0. The van der Waals surface area contributed by atoms with Crippen LogP contribution in [0.25, 0.3) is 6.08 Å². The summed E-state index contributed by atoms with van der Waals surface area (Å²) in [6, 6.07) is 11.5. The van der Waals surface area contributed by atoms with Crippen LogP contribution in [0.2, 0.25) is 5.02 Å². The van der Waals surface area contributed by atoms with E-state index in [4.69, 9.17) is 11.6 Å². The Morgan fingerprint density at radius 2 is 1.84 bits per heavy atom. The zero-order valence-corrected chi connectivity index (χ0v) is 14.0. The number of rotatable bonds is 2. The van der Waals surface area contributed by atoms with E-state index >= 15 is 0 Å². The van der Waals surface area contributed by atoms with Crippen molar-refractivity contribution >= 4 is 46.2 Å². The zero-order valence-electron chi connectivity index (χ0n) is 12.5. The van der Waals surface area contributed by atoms with Gasteiger partial charge in [0.1, 0.15) is 0 Å². The van der Waals surface area contributed by atoms with Crippen molar-refractivity contribution in [3.63, 3.8) is 0 Å². The van der Waals surface area contributed by atoms with E-state index in [0.717, 1.165) is 23.9 Å². The molecule has 1 aliphatic rings. The molecule has 0 bridgehead atoms. The van der Waals surface area contributed by atoms with Crippen LogP contribution in [-0.4, -0.2) is 11.1 Å². The van der Waals surface area contributed by atoms with E-state index in [9.17, 15) is 18.0 Å². The maximum Gasteiger partial charge on any atom is 0.416 e. The Morgan fingerprint density at radius 1 is 1.12 bits per heavy atom. The Kier molecular flexibility index (Phi) is 4.87. The van der Waals surface area contributed by atoms with Crippen molar-refractivity contribution in [1.29, 1.82) is 0 Å². The van der Waals surface area contributed by atoms with Crippen molar-refractivity contribution in [3.8, 4) is 0 Å². The molecular formula is C17H10ClF3N2OS. The minimum atomic E-state index is -4.43. The smallest absolute Gasteiger partial charge is 0.300 e. The van der Waals surface area contributed by atoms with Crippen molar-refractivity contribution in [2.24, 2.45) is 4.99 Å². The highest BCUT2D eigenvalue weighted by Gasteiger charge is 2.30. The van der Waals surface area contributed by atoms with Crippen LogP contribution in [-0.2, 0) is 11.0 Å². The minimum Gasteiger partial charge on any atom is -0.300 e. The van der Waals surface area contributed by atoms with Gasteiger partial charge in [0.05, 0.1) is 16.2 Å². The number of alkyl halides is 3. The summed E-state index contributed by atoms with van der Waals surface area (Å²) in [5.41, 5.74) is 0.132. The molecule has 3 nitrogen and oxygen atoms in total. The molecule has 128 valence electrons. The number of halogens is 4. The number of nitrogens with zero attached hydrogens (tertiary/aromatic N) is 1. The van der Waals surface area contributed by atoms with E-state index in [1.165, 1.54) is 18.2 Å². The second kappa shape index (κ2) is 6.93. The molecule has 0 radical (unpaired) electrons. The number of nitrogens with one attached hydrogen (secondary N) is 1. The molecule has 8 heteroatoms. The monoisotopic (exact) mass is 382 g/mol. The van der Waals surface area contributed by atoms with E-state index in [0.29, 0.717) is 21.4 Å². The number of aliphatic imine (C=N–C) groups is 1. The summed E-state index contributed by atoms with van der Waals surface area (Å²) >= 11 is 6.86. The molecule has 1 fully saturated rings. The van der Waals surface area contributed by atoms with E-state index in [1.807, 2.05) is 0 Å². The van der Waals surface area contributed by atoms with Gasteiger partial charge in [-0.2, -0.15) is 13.2 Å². The normalized spacial score (nSPS) is 18.0. The number of amides is 1. The molecule has 0 aromatic heterocycles. The first kappa shape index (κ1) is 17.6. The highest BCUT2D eigenvalue weighted by atomic mass is 35.5. The lowest BCUT2D eigenvalue weighted by Gasteiger charge is -2.06. The van der Waals surface area contributed by atoms with Gasteiger partial charge in [-0.05, 0) is 59.8 Å². The van der Waals surface area contributed by atoms with Crippen LogP contribution in [0.5, 0.6) is 0 Å². The summed E-state index contributed by atoms with van der Waals surface area (Å²) in [6.07, 6.45) is -3.03. The van der Waals surface area contributed by atoms with Crippen molar-refractivity contribution < 1.29 is 18.0 Å². The molecule has 0 unspecified atom stereocenters. The second-order valence-corrected chi connectivity index (χ2v) is 6.55.